The molecule has 17 heteroatoms. The predicted molar refractivity (Wildman–Crippen MR) is 173 cm³/mol. The van der Waals surface area contributed by atoms with Gasteiger partial charge in [-0.1, -0.05) is 6.58 Å². The molecule has 5 amide bonds. The zero-order valence-corrected chi connectivity index (χ0v) is 26.0. The standard InChI is InChI=1S/C30H34FN11O5/c1-16(31)26(43)35-17-9-22(40(3)12-17)28(45)37-19-11-24(42(5)14-19)30(47)38-20-10-23(41(4)15-20)29(46)36-18-8-21(39(2)13-18)27(44)34-7-6-25(32)33/h8-15H,1,6-7H2,2-5H3,(H3,32,33)(H,34,44)(H,35,43)(H,36,46)(H,37,45)(H,38,47). The second-order valence-corrected chi connectivity index (χ2v) is 10.7. The van der Waals surface area contributed by atoms with Crippen molar-refractivity contribution in [1.29, 1.82) is 5.41 Å². The van der Waals surface area contributed by atoms with Crippen molar-refractivity contribution in [3.05, 3.63) is 84.2 Å². The van der Waals surface area contributed by atoms with E-state index >= 15 is 0 Å². The molecule has 0 radical (unpaired) electrons. The summed E-state index contributed by atoms with van der Waals surface area (Å²) in [5.74, 6) is -4.16. The normalized spacial score (nSPS) is 10.7. The number of halogens is 1. The van der Waals surface area contributed by atoms with Crippen molar-refractivity contribution in [2.75, 3.05) is 27.8 Å². The lowest BCUT2D eigenvalue weighted by molar-refractivity contribution is -0.114. The van der Waals surface area contributed by atoms with Gasteiger partial charge >= 0.3 is 0 Å². The van der Waals surface area contributed by atoms with E-state index in [0.29, 0.717) is 22.8 Å². The number of anilines is 4. The van der Waals surface area contributed by atoms with Gasteiger partial charge in [-0.15, -0.1) is 0 Å². The van der Waals surface area contributed by atoms with Crippen LogP contribution in [0.4, 0.5) is 27.1 Å². The first-order valence-corrected chi connectivity index (χ1v) is 14.0. The average molecular weight is 648 g/mol. The van der Waals surface area contributed by atoms with E-state index in [1.165, 1.54) is 50.4 Å². The number of hydrogen-bond acceptors (Lipinski definition) is 6. The van der Waals surface area contributed by atoms with Gasteiger partial charge in [0.05, 0.1) is 28.6 Å². The lowest BCUT2D eigenvalue weighted by Gasteiger charge is -2.04. The van der Waals surface area contributed by atoms with Gasteiger partial charge in [-0.25, -0.2) is 4.39 Å². The van der Waals surface area contributed by atoms with Crippen LogP contribution in [0.5, 0.6) is 0 Å². The zero-order valence-electron chi connectivity index (χ0n) is 26.0. The van der Waals surface area contributed by atoms with Crippen LogP contribution >= 0.6 is 0 Å². The maximum absolute atomic E-state index is 13.1. The number of rotatable bonds is 12. The second-order valence-electron chi connectivity index (χ2n) is 10.7. The Labute approximate surface area is 267 Å². The maximum Gasteiger partial charge on any atom is 0.283 e. The summed E-state index contributed by atoms with van der Waals surface area (Å²) in [6, 6.07) is 5.83. The maximum atomic E-state index is 13.1. The molecular weight excluding hydrogens is 613 g/mol. The van der Waals surface area contributed by atoms with Gasteiger partial charge in [0.2, 0.25) is 0 Å². The minimum atomic E-state index is -1.17. The van der Waals surface area contributed by atoms with Crippen LogP contribution in [0.15, 0.2) is 61.5 Å². The number of amidine groups is 1. The molecule has 0 saturated carbocycles. The highest BCUT2D eigenvalue weighted by atomic mass is 19.1. The van der Waals surface area contributed by atoms with E-state index in [0.717, 1.165) is 0 Å². The second kappa shape index (κ2) is 13.7. The molecule has 47 heavy (non-hydrogen) atoms. The van der Waals surface area contributed by atoms with Crippen molar-refractivity contribution >= 4 is 58.1 Å². The van der Waals surface area contributed by atoms with E-state index in [9.17, 15) is 28.4 Å². The summed E-state index contributed by atoms with van der Waals surface area (Å²) in [5.41, 5.74) is 7.43. The zero-order chi connectivity index (χ0) is 34.6. The van der Waals surface area contributed by atoms with Crippen LogP contribution < -0.4 is 32.3 Å². The summed E-state index contributed by atoms with van der Waals surface area (Å²) in [6.07, 6.45) is 6.32. The Morgan fingerprint density at radius 3 is 1.30 bits per heavy atom. The van der Waals surface area contributed by atoms with Crippen molar-refractivity contribution in [3.8, 4) is 0 Å². The van der Waals surface area contributed by atoms with E-state index in [1.54, 1.807) is 45.2 Å². The number of amides is 5. The summed E-state index contributed by atoms with van der Waals surface area (Å²) in [5, 5.41) is 20.4. The number of carbonyl (C=O) groups excluding carboxylic acids is 5. The summed E-state index contributed by atoms with van der Waals surface area (Å²) < 4.78 is 19.1. The SMILES string of the molecule is C=C(F)C(=O)Nc1cc(C(=O)Nc2cc(C(=O)Nc3cc(C(=O)Nc4cc(C(=O)NCCC(=N)N)n(C)c4)n(C)c3)n(C)c2)n(C)c1. The average Bonchev–Trinajstić information content (AvgIpc) is 3.73. The lowest BCUT2D eigenvalue weighted by atomic mass is 10.3. The van der Waals surface area contributed by atoms with Crippen LogP contribution in [0.1, 0.15) is 48.4 Å². The number of aromatic nitrogens is 4. The van der Waals surface area contributed by atoms with E-state index in [4.69, 9.17) is 11.1 Å². The molecule has 4 aromatic rings. The highest BCUT2D eigenvalue weighted by Gasteiger charge is 2.20. The van der Waals surface area contributed by atoms with Crippen LogP contribution in [0.25, 0.3) is 0 Å². The Kier molecular flexibility index (Phi) is 9.78. The minimum Gasteiger partial charge on any atom is -0.388 e. The van der Waals surface area contributed by atoms with Gasteiger partial charge in [-0.3, -0.25) is 29.4 Å². The van der Waals surface area contributed by atoms with Gasteiger partial charge in [0.25, 0.3) is 29.5 Å². The first-order valence-electron chi connectivity index (χ1n) is 14.0. The number of hydrogen-bond donors (Lipinski definition) is 7. The van der Waals surface area contributed by atoms with Crippen LogP contribution in [-0.4, -0.2) is 60.2 Å². The highest BCUT2D eigenvalue weighted by Crippen LogP contribution is 2.21. The molecule has 246 valence electrons. The Morgan fingerprint density at radius 1 is 0.660 bits per heavy atom. The molecule has 0 aliphatic carbocycles. The molecule has 0 saturated heterocycles. The number of nitrogens with one attached hydrogen (secondary N) is 6. The Bertz CT molecular complexity index is 1930. The van der Waals surface area contributed by atoms with E-state index in [1.807, 2.05) is 0 Å². The van der Waals surface area contributed by atoms with Crippen molar-refractivity contribution in [2.24, 2.45) is 33.9 Å². The highest BCUT2D eigenvalue weighted by molar-refractivity contribution is 6.09. The van der Waals surface area contributed by atoms with E-state index in [-0.39, 0.29) is 47.5 Å². The molecule has 0 aromatic carbocycles. The van der Waals surface area contributed by atoms with E-state index in [2.05, 4.69) is 33.2 Å². The lowest BCUT2D eigenvalue weighted by Crippen LogP contribution is -2.28. The minimum absolute atomic E-state index is 0.0434. The third-order valence-corrected chi connectivity index (χ3v) is 6.91. The summed E-state index contributed by atoms with van der Waals surface area (Å²) in [6.45, 7) is 3.14. The van der Waals surface area contributed by atoms with Gasteiger partial charge in [-0.05, 0) is 24.3 Å². The van der Waals surface area contributed by atoms with Crippen molar-refractivity contribution in [1.82, 2.24) is 23.6 Å². The molecule has 4 aromatic heterocycles. The molecule has 0 bridgehead atoms. The van der Waals surface area contributed by atoms with Gasteiger partial charge in [0.1, 0.15) is 22.8 Å². The van der Waals surface area contributed by atoms with E-state index < -0.39 is 29.5 Å². The molecule has 8 N–H and O–H groups in total. The molecular formula is C30H34FN11O5. The molecule has 0 spiro atoms. The number of carbonyl (C=O) groups is 5. The first kappa shape index (κ1) is 33.5. The summed E-state index contributed by atoms with van der Waals surface area (Å²) in [7, 11) is 6.47. The van der Waals surface area contributed by atoms with Crippen molar-refractivity contribution in [3.63, 3.8) is 0 Å². The van der Waals surface area contributed by atoms with Crippen LogP contribution in [0, 0.1) is 5.41 Å². The molecule has 0 fully saturated rings. The summed E-state index contributed by atoms with van der Waals surface area (Å²) in [4.78, 5) is 63.1. The topological polar surface area (TPSA) is 215 Å². The number of aryl methyl sites for hydroxylation is 4. The molecule has 16 nitrogen and oxygen atoms in total. The van der Waals surface area contributed by atoms with Crippen LogP contribution in [-0.2, 0) is 33.0 Å². The predicted octanol–water partition coefficient (Wildman–Crippen LogP) is 2.28. The smallest absolute Gasteiger partial charge is 0.283 e. The quantitative estimate of drug-likeness (QED) is 0.0695. The van der Waals surface area contributed by atoms with Crippen molar-refractivity contribution < 1.29 is 28.4 Å². The Morgan fingerprint density at radius 2 is 0.979 bits per heavy atom. The number of nitrogens with two attached hydrogens (primary N) is 1. The summed E-state index contributed by atoms with van der Waals surface area (Å²) >= 11 is 0. The molecule has 0 aliphatic heterocycles. The molecule has 4 rings (SSSR count). The number of nitrogens with zero attached hydrogens (tertiary/aromatic N) is 4. The fourth-order valence-corrected chi connectivity index (χ4v) is 4.62. The molecule has 0 atom stereocenters. The molecule has 0 unspecified atom stereocenters. The Balaban J connectivity index is 1.38. The van der Waals surface area contributed by atoms with Crippen LogP contribution in [0.3, 0.4) is 0 Å². The van der Waals surface area contributed by atoms with Crippen molar-refractivity contribution in [2.45, 2.75) is 6.42 Å². The van der Waals surface area contributed by atoms with Gasteiger partial charge in [-0.2, -0.15) is 0 Å². The molecule has 0 aliphatic rings. The first-order chi connectivity index (χ1) is 22.1. The van der Waals surface area contributed by atoms with Gasteiger partial charge in [0.15, 0.2) is 5.83 Å². The Hall–Kier alpha value is -6.39. The fourth-order valence-electron chi connectivity index (χ4n) is 4.62. The largest absolute Gasteiger partial charge is 0.388 e. The fraction of sp³-hybridized carbons (Fsp3) is 0.200. The molecule has 4 heterocycles. The third kappa shape index (κ3) is 8.01. The monoisotopic (exact) mass is 647 g/mol. The van der Waals surface area contributed by atoms with Gasteiger partial charge < -0.3 is 50.6 Å². The van der Waals surface area contributed by atoms with Gasteiger partial charge in [0, 0.05) is 65.9 Å². The third-order valence-electron chi connectivity index (χ3n) is 6.91. The van der Waals surface area contributed by atoms with Crippen LogP contribution in [0.2, 0.25) is 0 Å².